The van der Waals surface area contributed by atoms with Gasteiger partial charge in [0, 0.05) is 18.4 Å². The molecule has 0 N–H and O–H groups in total. The van der Waals surface area contributed by atoms with E-state index in [1.807, 2.05) is 36.4 Å². The SMILES string of the molecule is CN(CC(=O)N(Cc1ccco1)c1ccccc1)c1ccc(F)cc1. The van der Waals surface area contributed by atoms with Crippen molar-refractivity contribution in [1.82, 2.24) is 0 Å². The molecule has 0 radical (unpaired) electrons. The minimum Gasteiger partial charge on any atom is -0.467 e. The van der Waals surface area contributed by atoms with E-state index in [4.69, 9.17) is 4.42 Å². The van der Waals surface area contributed by atoms with Crippen LogP contribution in [0, 0.1) is 5.82 Å². The van der Waals surface area contributed by atoms with Crippen LogP contribution in [0.2, 0.25) is 0 Å². The van der Waals surface area contributed by atoms with E-state index in [0.29, 0.717) is 12.3 Å². The number of likely N-dealkylation sites (N-methyl/N-ethyl adjacent to an activating group) is 1. The van der Waals surface area contributed by atoms with Gasteiger partial charge in [-0.2, -0.15) is 0 Å². The normalized spacial score (nSPS) is 10.5. The molecular weight excluding hydrogens is 319 g/mol. The standard InChI is InChI=1S/C20H19FN2O2/c1-22(17-11-9-16(21)10-12-17)15-20(24)23(14-19-8-5-13-25-19)18-6-3-2-4-7-18/h2-13H,14-15H2,1H3. The van der Waals surface area contributed by atoms with E-state index in [0.717, 1.165) is 11.4 Å². The molecule has 0 bridgehead atoms. The van der Waals surface area contributed by atoms with Crippen LogP contribution in [-0.2, 0) is 11.3 Å². The van der Waals surface area contributed by atoms with E-state index < -0.39 is 0 Å². The summed E-state index contributed by atoms with van der Waals surface area (Å²) in [6, 6.07) is 19.2. The number of furan rings is 1. The van der Waals surface area contributed by atoms with E-state index in [-0.39, 0.29) is 18.3 Å². The third kappa shape index (κ3) is 4.26. The van der Waals surface area contributed by atoms with Crippen LogP contribution in [0.25, 0.3) is 0 Å². The number of hydrogen-bond acceptors (Lipinski definition) is 3. The van der Waals surface area contributed by atoms with Crippen LogP contribution >= 0.6 is 0 Å². The Morgan fingerprint density at radius 2 is 1.68 bits per heavy atom. The summed E-state index contributed by atoms with van der Waals surface area (Å²) in [5, 5.41) is 0. The number of carbonyl (C=O) groups is 1. The molecule has 0 aliphatic heterocycles. The largest absolute Gasteiger partial charge is 0.467 e. The topological polar surface area (TPSA) is 36.7 Å². The monoisotopic (exact) mass is 338 g/mol. The molecular formula is C20H19FN2O2. The van der Waals surface area contributed by atoms with Gasteiger partial charge in [0.2, 0.25) is 5.91 Å². The lowest BCUT2D eigenvalue weighted by Gasteiger charge is -2.26. The molecule has 0 aliphatic rings. The zero-order valence-corrected chi connectivity index (χ0v) is 13.9. The smallest absolute Gasteiger partial charge is 0.246 e. The summed E-state index contributed by atoms with van der Waals surface area (Å²) < 4.78 is 18.5. The minimum atomic E-state index is -0.299. The van der Waals surface area contributed by atoms with Crippen LogP contribution in [0.1, 0.15) is 5.76 Å². The fraction of sp³-hybridized carbons (Fsp3) is 0.150. The predicted octanol–water partition coefficient (Wildman–Crippen LogP) is 4.09. The summed E-state index contributed by atoms with van der Waals surface area (Å²) in [5.74, 6) is 0.336. The van der Waals surface area contributed by atoms with Crippen molar-refractivity contribution in [3.63, 3.8) is 0 Å². The number of halogens is 1. The molecule has 2 aromatic carbocycles. The van der Waals surface area contributed by atoms with Gasteiger partial charge in [-0.3, -0.25) is 4.79 Å². The lowest BCUT2D eigenvalue weighted by atomic mass is 10.2. The minimum absolute atomic E-state index is 0.0746. The summed E-state index contributed by atoms with van der Waals surface area (Å²) in [5.41, 5.74) is 1.58. The summed E-state index contributed by atoms with van der Waals surface area (Å²) in [6.07, 6.45) is 1.59. The number of carbonyl (C=O) groups excluding carboxylic acids is 1. The first kappa shape index (κ1) is 16.8. The van der Waals surface area contributed by atoms with Crippen LogP contribution in [0.3, 0.4) is 0 Å². The van der Waals surface area contributed by atoms with Crippen molar-refractivity contribution in [1.29, 1.82) is 0 Å². The van der Waals surface area contributed by atoms with E-state index in [9.17, 15) is 9.18 Å². The average Bonchev–Trinajstić information content (AvgIpc) is 3.14. The Balaban J connectivity index is 1.77. The number of anilines is 2. The second-order valence-corrected chi connectivity index (χ2v) is 5.73. The number of hydrogen-bond donors (Lipinski definition) is 0. The summed E-state index contributed by atoms with van der Waals surface area (Å²) in [7, 11) is 1.81. The first-order valence-corrected chi connectivity index (χ1v) is 7.98. The Morgan fingerprint density at radius 1 is 0.960 bits per heavy atom. The van der Waals surface area contributed by atoms with E-state index in [2.05, 4.69) is 0 Å². The van der Waals surface area contributed by atoms with Crippen molar-refractivity contribution in [2.75, 3.05) is 23.4 Å². The predicted molar refractivity (Wildman–Crippen MR) is 96.0 cm³/mol. The molecule has 0 fully saturated rings. The highest BCUT2D eigenvalue weighted by Gasteiger charge is 2.19. The fourth-order valence-corrected chi connectivity index (χ4v) is 2.56. The molecule has 3 aromatic rings. The molecule has 0 aliphatic carbocycles. The van der Waals surface area contributed by atoms with Gasteiger partial charge in [-0.05, 0) is 48.5 Å². The number of benzene rings is 2. The van der Waals surface area contributed by atoms with Gasteiger partial charge in [0.1, 0.15) is 11.6 Å². The van der Waals surface area contributed by atoms with Gasteiger partial charge in [0.25, 0.3) is 0 Å². The first-order chi connectivity index (χ1) is 12.1. The highest BCUT2D eigenvalue weighted by molar-refractivity contribution is 5.96. The summed E-state index contributed by atoms with van der Waals surface area (Å²) >= 11 is 0. The first-order valence-electron chi connectivity index (χ1n) is 7.98. The molecule has 1 aromatic heterocycles. The van der Waals surface area contributed by atoms with Crippen molar-refractivity contribution in [2.45, 2.75) is 6.54 Å². The molecule has 4 nitrogen and oxygen atoms in total. The lowest BCUT2D eigenvalue weighted by molar-refractivity contribution is -0.117. The molecule has 1 amide bonds. The molecule has 0 spiro atoms. The molecule has 0 atom stereocenters. The Hall–Kier alpha value is -3.08. The van der Waals surface area contributed by atoms with Crippen molar-refractivity contribution in [3.05, 3.63) is 84.6 Å². The summed E-state index contributed by atoms with van der Waals surface area (Å²) in [4.78, 5) is 16.4. The Bertz CT molecular complexity index is 801. The maximum atomic E-state index is 13.1. The maximum absolute atomic E-state index is 13.1. The molecule has 1 heterocycles. The van der Waals surface area contributed by atoms with Gasteiger partial charge < -0.3 is 14.2 Å². The number of amides is 1. The zero-order chi connectivity index (χ0) is 17.6. The van der Waals surface area contributed by atoms with Crippen LogP contribution in [-0.4, -0.2) is 19.5 Å². The van der Waals surface area contributed by atoms with Gasteiger partial charge in [0.15, 0.2) is 0 Å². The number of para-hydroxylation sites is 1. The molecule has 25 heavy (non-hydrogen) atoms. The van der Waals surface area contributed by atoms with Gasteiger partial charge in [-0.15, -0.1) is 0 Å². The molecule has 3 rings (SSSR count). The van der Waals surface area contributed by atoms with Crippen LogP contribution < -0.4 is 9.80 Å². The average molecular weight is 338 g/mol. The van der Waals surface area contributed by atoms with Crippen LogP contribution in [0.5, 0.6) is 0 Å². The van der Waals surface area contributed by atoms with E-state index >= 15 is 0 Å². The zero-order valence-electron chi connectivity index (χ0n) is 13.9. The van der Waals surface area contributed by atoms with Crippen molar-refractivity contribution < 1.29 is 13.6 Å². The van der Waals surface area contributed by atoms with E-state index in [1.54, 1.807) is 41.3 Å². The highest BCUT2D eigenvalue weighted by Crippen LogP contribution is 2.19. The van der Waals surface area contributed by atoms with E-state index in [1.165, 1.54) is 12.1 Å². The van der Waals surface area contributed by atoms with Crippen LogP contribution in [0.15, 0.2) is 77.4 Å². The van der Waals surface area contributed by atoms with Crippen molar-refractivity contribution in [2.24, 2.45) is 0 Å². The third-order valence-electron chi connectivity index (χ3n) is 3.90. The number of rotatable bonds is 6. The fourth-order valence-electron chi connectivity index (χ4n) is 2.56. The molecule has 128 valence electrons. The second kappa shape index (κ2) is 7.66. The molecule has 0 unspecified atom stereocenters. The Morgan fingerprint density at radius 3 is 2.32 bits per heavy atom. The van der Waals surface area contributed by atoms with Crippen molar-refractivity contribution >= 4 is 17.3 Å². The quantitative estimate of drug-likeness (QED) is 0.679. The maximum Gasteiger partial charge on any atom is 0.246 e. The third-order valence-corrected chi connectivity index (χ3v) is 3.90. The number of nitrogens with zero attached hydrogens (tertiary/aromatic N) is 2. The molecule has 0 saturated carbocycles. The van der Waals surface area contributed by atoms with Gasteiger partial charge in [-0.25, -0.2) is 4.39 Å². The van der Waals surface area contributed by atoms with Gasteiger partial charge in [-0.1, -0.05) is 18.2 Å². The van der Waals surface area contributed by atoms with Gasteiger partial charge >= 0.3 is 0 Å². The van der Waals surface area contributed by atoms with Gasteiger partial charge in [0.05, 0.1) is 19.4 Å². The molecule has 0 saturated heterocycles. The summed E-state index contributed by atoms with van der Waals surface area (Å²) in [6.45, 7) is 0.522. The highest BCUT2D eigenvalue weighted by atomic mass is 19.1. The second-order valence-electron chi connectivity index (χ2n) is 5.73. The Kier molecular flexibility index (Phi) is 5.14. The lowest BCUT2D eigenvalue weighted by Crippen LogP contribution is -2.38. The van der Waals surface area contributed by atoms with Crippen molar-refractivity contribution in [3.8, 4) is 0 Å². The Labute approximate surface area is 146 Å². The molecule has 5 heteroatoms. The van der Waals surface area contributed by atoms with Crippen LogP contribution in [0.4, 0.5) is 15.8 Å².